The summed E-state index contributed by atoms with van der Waals surface area (Å²) in [7, 11) is 0. The van der Waals surface area contributed by atoms with Crippen molar-refractivity contribution in [3.05, 3.63) is 30.1 Å². The zero-order valence-corrected chi connectivity index (χ0v) is 11.1. The molecule has 3 heteroatoms. The molecule has 1 aromatic rings. The summed E-state index contributed by atoms with van der Waals surface area (Å²) in [5.41, 5.74) is 6.10. The Labute approximate surface area is 102 Å². The van der Waals surface area contributed by atoms with E-state index in [0.717, 1.165) is 4.90 Å². The average Bonchev–Trinajstić information content (AvgIpc) is 2.12. The van der Waals surface area contributed by atoms with Crippen LogP contribution in [0.2, 0.25) is 0 Å². The lowest BCUT2D eigenvalue weighted by atomic mass is 9.88. The smallest absolute Gasteiger partial charge is 0.124 e. The molecule has 0 saturated heterocycles. The Balaban J connectivity index is 2.84. The van der Waals surface area contributed by atoms with Gasteiger partial charge in [-0.1, -0.05) is 26.8 Å². The van der Waals surface area contributed by atoms with Crippen molar-refractivity contribution in [2.75, 3.05) is 0 Å². The maximum Gasteiger partial charge on any atom is 0.124 e. The molecule has 0 aliphatic carbocycles. The summed E-state index contributed by atoms with van der Waals surface area (Å²) in [6, 6.07) is 6.76. The van der Waals surface area contributed by atoms with Gasteiger partial charge in [-0.25, -0.2) is 4.39 Å². The molecule has 1 nitrogen and oxygen atoms in total. The van der Waals surface area contributed by atoms with Gasteiger partial charge in [0.2, 0.25) is 0 Å². The Bertz CT molecular complexity index is 344. The van der Waals surface area contributed by atoms with Crippen LogP contribution in [0.5, 0.6) is 0 Å². The molecule has 0 bridgehead atoms. The van der Waals surface area contributed by atoms with Crippen LogP contribution in [0, 0.1) is 11.2 Å². The van der Waals surface area contributed by atoms with Crippen LogP contribution in [0.25, 0.3) is 0 Å². The highest BCUT2D eigenvalue weighted by Crippen LogP contribution is 2.36. The van der Waals surface area contributed by atoms with Gasteiger partial charge >= 0.3 is 0 Å². The number of halogens is 1. The highest BCUT2D eigenvalue weighted by Gasteiger charge is 2.28. The molecular formula is C13H20FNS. The summed E-state index contributed by atoms with van der Waals surface area (Å²) < 4.78 is 13.1. The van der Waals surface area contributed by atoms with Gasteiger partial charge < -0.3 is 5.73 Å². The monoisotopic (exact) mass is 241 g/mol. The molecule has 0 amide bonds. The second-order valence-corrected chi connectivity index (χ2v) is 6.44. The summed E-state index contributed by atoms with van der Waals surface area (Å²) >= 11 is 1.65. The van der Waals surface area contributed by atoms with Crippen molar-refractivity contribution in [3.8, 4) is 0 Å². The minimum absolute atomic E-state index is 0.0771. The van der Waals surface area contributed by atoms with Crippen LogP contribution < -0.4 is 5.73 Å². The highest BCUT2D eigenvalue weighted by molar-refractivity contribution is 8.00. The Hall–Kier alpha value is -0.540. The molecule has 0 aliphatic rings. The molecule has 1 rings (SSSR count). The molecule has 16 heavy (non-hydrogen) atoms. The number of benzene rings is 1. The third-order valence-corrected chi connectivity index (χ3v) is 4.31. The van der Waals surface area contributed by atoms with E-state index in [1.54, 1.807) is 23.9 Å². The molecule has 0 aliphatic heterocycles. The van der Waals surface area contributed by atoms with E-state index in [1.807, 2.05) is 13.0 Å². The molecule has 0 heterocycles. The fraction of sp³-hybridized carbons (Fsp3) is 0.538. The fourth-order valence-corrected chi connectivity index (χ4v) is 2.96. The molecular weight excluding hydrogens is 221 g/mol. The van der Waals surface area contributed by atoms with Gasteiger partial charge in [-0.2, -0.15) is 0 Å². The normalized spacial score (nSPS) is 15.9. The van der Waals surface area contributed by atoms with Crippen LogP contribution in [0.15, 0.2) is 29.2 Å². The van der Waals surface area contributed by atoms with E-state index >= 15 is 0 Å². The van der Waals surface area contributed by atoms with Crippen molar-refractivity contribution in [1.29, 1.82) is 0 Å². The number of hydrogen-bond acceptors (Lipinski definition) is 2. The van der Waals surface area contributed by atoms with E-state index in [1.165, 1.54) is 6.07 Å². The van der Waals surface area contributed by atoms with Crippen molar-refractivity contribution in [3.63, 3.8) is 0 Å². The zero-order valence-electron chi connectivity index (χ0n) is 10.3. The summed E-state index contributed by atoms with van der Waals surface area (Å²) in [5.74, 6) is -0.192. The first kappa shape index (κ1) is 13.5. The predicted octanol–water partition coefficient (Wildman–Crippen LogP) is 3.68. The third kappa shape index (κ3) is 3.80. The topological polar surface area (TPSA) is 26.0 Å². The van der Waals surface area contributed by atoms with E-state index in [4.69, 9.17) is 5.73 Å². The molecule has 1 aromatic carbocycles. The Kier molecular flexibility index (Phi) is 4.39. The lowest BCUT2D eigenvalue weighted by molar-refractivity contribution is 0.363. The van der Waals surface area contributed by atoms with E-state index in [0.29, 0.717) is 0 Å². The number of thioether (sulfide) groups is 1. The number of hydrogen-bond donors (Lipinski definition) is 1. The Morgan fingerprint density at radius 2 is 1.94 bits per heavy atom. The molecule has 0 radical (unpaired) electrons. The van der Waals surface area contributed by atoms with E-state index in [-0.39, 0.29) is 22.5 Å². The first-order chi connectivity index (χ1) is 7.30. The van der Waals surface area contributed by atoms with Crippen LogP contribution in [-0.2, 0) is 0 Å². The SMILES string of the molecule is CC(N)C(Sc1cccc(F)c1)C(C)(C)C. The van der Waals surface area contributed by atoms with Gasteiger partial charge in [0.1, 0.15) is 5.82 Å². The van der Waals surface area contributed by atoms with Crippen molar-refractivity contribution in [2.24, 2.45) is 11.1 Å². The predicted molar refractivity (Wildman–Crippen MR) is 69.1 cm³/mol. The van der Waals surface area contributed by atoms with Crippen LogP contribution in [0.4, 0.5) is 4.39 Å². The molecule has 0 saturated carbocycles. The number of rotatable bonds is 3. The Morgan fingerprint density at radius 3 is 2.38 bits per heavy atom. The van der Waals surface area contributed by atoms with Crippen molar-refractivity contribution in [2.45, 2.75) is 43.9 Å². The summed E-state index contributed by atoms with van der Waals surface area (Å²) in [4.78, 5) is 0.942. The maximum absolute atomic E-state index is 13.1. The second kappa shape index (κ2) is 5.19. The molecule has 2 N–H and O–H groups in total. The second-order valence-electron chi connectivity index (χ2n) is 5.22. The average molecular weight is 241 g/mol. The zero-order chi connectivity index (χ0) is 12.3. The largest absolute Gasteiger partial charge is 0.327 e. The van der Waals surface area contributed by atoms with Gasteiger partial charge in [0.05, 0.1) is 0 Å². The van der Waals surface area contributed by atoms with Crippen molar-refractivity contribution < 1.29 is 4.39 Å². The van der Waals surface area contributed by atoms with Crippen LogP contribution in [0.1, 0.15) is 27.7 Å². The minimum atomic E-state index is -0.192. The van der Waals surface area contributed by atoms with Gasteiger partial charge in [-0.3, -0.25) is 0 Å². The van der Waals surface area contributed by atoms with Gasteiger partial charge in [-0.05, 0) is 30.5 Å². The Morgan fingerprint density at radius 1 is 1.31 bits per heavy atom. The van der Waals surface area contributed by atoms with Gasteiger partial charge in [-0.15, -0.1) is 11.8 Å². The van der Waals surface area contributed by atoms with E-state index in [9.17, 15) is 4.39 Å². The lowest BCUT2D eigenvalue weighted by Crippen LogP contribution is -2.38. The van der Waals surface area contributed by atoms with E-state index in [2.05, 4.69) is 20.8 Å². The summed E-state index contributed by atoms with van der Waals surface area (Å²) in [5, 5.41) is 0.272. The van der Waals surface area contributed by atoms with Gasteiger partial charge in [0.15, 0.2) is 0 Å². The minimum Gasteiger partial charge on any atom is -0.327 e. The quantitative estimate of drug-likeness (QED) is 0.817. The van der Waals surface area contributed by atoms with Crippen LogP contribution in [0.3, 0.4) is 0 Å². The molecule has 0 spiro atoms. The van der Waals surface area contributed by atoms with Gasteiger partial charge in [0.25, 0.3) is 0 Å². The van der Waals surface area contributed by atoms with E-state index < -0.39 is 0 Å². The molecule has 0 aromatic heterocycles. The maximum atomic E-state index is 13.1. The van der Waals surface area contributed by atoms with Gasteiger partial charge in [0, 0.05) is 16.2 Å². The molecule has 2 unspecified atom stereocenters. The fourth-order valence-electron chi connectivity index (χ4n) is 1.76. The highest BCUT2D eigenvalue weighted by atomic mass is 32.2. The first-order valence-electron chi connectivity index (χ1n) is 5.48. The van der Waals surface area contributed by atoms with Crippen molar-refractivity contribution in [1.82, 2.24) is 0 Å². The first-order valence-corrected chi connectivity index (χ1v) is 6.36. The third-order valence-electron chi connectivity index (χ3n) is 2.39. The van der Waals surface area contributed by atoms with Crippen LogP contribution in [-0.4, -0.2) is 11.3 Å². The summed E-state index contributed by atoms with van der Waals surface area (Å²) in [6.07, 6.45) is 0. The standard InChI is InChI=1S/C13H20FNS/c1-9(15)12(13(2,3)4)16-11-7-5-6-10(14)8-11/h5-9,12H,15H2,1-4H3. The molecule has 90 valence electrons. The van der Waals surface area contributed by atoms with Crippen LogP contribution >= 0.6 is 11.8 Å². The number of nitrogens with two attached hydrogens (primary N) is 1. The molecule has 0 fully saturated rings. The molecule has 2 atom stereocenters. The summed E-state index contributed by atoms with van der Waals surface area (Å²) in [6.45, 7) is 8.48. The van der Waals surface area contributed by atoms with Crippen molar-refractivity contribution >= 4 is 11.8 Å². The lowest BCUT2D eigenvalue weighted by Gasteiger charge is -2.33.